The van der Waals surface area contributed by atoms with Crippen molar-refractivity contribution >= 4 is 15.9 Å². The molecule has 1 aromatic carbocycles. The van der Waals surface area contributed by atoms with Gasteiger partial charge in [-0.05, 0) is 42.5 Å². The number of carbonyl (C=O) groups is 1. The molecule has 2 aromatic rings. The van der Waals surface area contributed by atoms with E-state index in [0.29, 0.717) is 30.3 Å². The Balaban J connectivity index is 1.39. The molecule has 4 rings (SSSR count). The van der Waals surface area contributed by atoms with Crippen molar-refractivity contribution in [1.29, 1.82) is 0 Å². The molecular formula is C18H20N2O4S. The lowest BCUT2D eigenvalue weighted by molar-refractivity contribution is -0.123. The maximum absolute atomic E-state index is 12.7. The molecule has 1 saturated heterocycles. The molecule has 2 fully saturated rings. The van der Waals surface area contributed by atoms with Crippen LogP contribution in [0.25, 0.3) is 0 Å². The summed E-state index contributed by atoms with van der Waals surface area (Å²) in [5.74, 6) is 0.580. The monoisotopic (exact) mass is 360 g/mol. The SMILES string of the molecule is O=C(NCc1ccco1)[C@H]1C[C@@]12CCN(S(=O)(=O)c1ccccc1)C2. The highest BCUT2D eigenvalue weighted by molar-refractivity contribution is 7.89. The summed E-state index contributed by atoms with van der Waals surface area (Å²) in [4.78, 5) is 12.7. The predicted molar refractivity (Wildman–Crippen MR) is 90.9 cm³/mol. The van der Waals surface area contributed by atoms with Crippen LogP contribution in [0.15, 0.2) is 58.0 Å². The van der Waals surface area contributed by atoms with Crippen LogP contribution in [0.2, 0.25) is 0 Å². The van der Waals surface area contributed by atoms with Gasteiger partial charge in [0.15, 0.2) is 0 Å². The molecule has 2 atom stereocenters. The summed E-state index contributed by atoms with van der Waals surface area (Å²) in [6, 6.07) is 12.1. The second kappa shape index (κ2) is 6.00. The molecule has 2 heterocycles. The Bertz CT molecular complexity index is 864. The third-order valence-electron chi connectivity index (χ3n) is 5.25. The number of furan rings is 1. The second-order valence-electron chi connectivity index (χ2n) is 6.82. The Kier molecular flexibility index (Phi) is 3.92. The van der Waals surface area contributed by atoms with Gasteiger partial charge in [-0.2, -0.15) is 4.31 Å². The number of amides is 1. The number of nitrogens with one attached hydrogen (secondary N) is 1. The minimum absolute atomic E-state index is 0.0182. The van der Waals surface area contributed by atoms with Crippen LogP contribution in [0.4, 0.5) is 0 Å². The number of nitrogens with zero attached hydrogens (tertiary/aromatic N) is 1. The minimum Gasteiger partial charge on any atom is -0.467 e. The lowest BCUT2D eigenvalue weighted by atomic mass is 10.0. The molecule has 1 aliphatic carbocycles. The minimum atomic E-state index is -3.48. The zero-order valence-corrected chi connectivity index (χ0v) is 14.5. The molecule has 1 saturated carbocycles. The van der Waals surface area contributed by atoms with Gasteiger partial charge in [0.2, 0.25) is 15.9 Å². The van der Waals surface area contributed by atoms with E-state index < -0.39 is 10.0 Å². The summed E-state index contributed by atoms with van der Waals surface area (Å²) < 4.78 is 32.2. The number of sulfonamides is 1. The number of hydrogen-bond acceptors (Lipinski definition) is 4. The summed E-state index contributed by atoms with van der Waals surface area (Å²) >= 11 is 0. The molecular weight excluding hydrogens is 340 g/mol. The molecule has 1 aromatic heterocycles. The second-order valence-corrected chi connectivity index (χ2v) is 8.76. The Labute approximate surface area is 146 Å². The molecule has 1 aliphatic heterocycles. The molecule has 132 valence electrons. The van der Waals surface area contributed by atoms with E-state index in [-0.39, 0.29) is 17.2 Å². The summed E-state index contributed by atoms with van der Waals surface area (Å²) in [7, 11) is -3.48. The molecule has 25 heavy (non-hydrogen) atoms. The average Bonchev–Trinajstić information content (AvgIpc) is 2.96. The van der Waals surface area contributed by atoms with Crippen molar-refractivity contribution in [3.63, 3.8) is 0 Å². The van der Waals surface area contributed by atoms with E-state index in [4.69, 9.17) is 4.42 Å². The first kappa shape index (κ1) is 16.4. The summed E-state index contributed by atoms with van der Waals surface area (Å²) in [5, 5.41) is 2.88. The highest BCUT2D eigenvalue weighted by Crippen LogP contribution is 2.59. The highest BCUT2D eigenvalue weighted by atomic mass is 32.2. The molecule has 1 spiro atoms. The number of carbonyl (C=O) groups excluding carboxylic acids is 1. The van der Waals surface area contributed by atoms with E-state index >= 15 is 0 Å². The maximum Gasteiger partial charge on any atom is 0.243 e. The molecule has 0 radical (unpaired) electrons. The van der Waals surface area contributed by atoms with Crippen molar-refractivity contribution in [2.75, 3.05) is 13.1 Å². The van der Waals surface area contributed by atoms with Gasteiger partial charge >= 0.3 is 0 Å². The van der Waals surface area contributed by atoms with Gasteiger partial charge in [0.1, 0.15) is 5.76 Å². The van der Waals surface area contributed by atoms with Crippen molar-refractivity contribution in [3.05, 3.63) is 54.5 Å². The third kappa shape index (κ3) is 2.98. The van der Waals surface area contributed by atoms with Crippen LogP contribution in [-0.2, 0) is 21.4 Å². The Morgan fingerprint density at radius 2 is 2.04 bits per heavy atom. The van der Waals surface area contributed by atoms with E-state index in [0.717, 1.165) is 12.8 Å². The highest BCUT2D eigenvalue weighted by Gasteiger charge is 2.62. The molecule has 0 unspecified atom stereocenters. The molecule has 0 bridgehead atoms. The van der Waals surface area contributed by atoms with Gasteiger partial charge in [-0.15, -0.1) is 0 Å². The van der Waals surface area contributed by atoms with Crippen LogP contribution in [0.1, 0.15) is 18.6 Å². The van der Waals surface area contributed by atoms with Gasteiger partial charge in [0.05, 0.1) is 17.7 Å². The van der Waals surface area contributed by atoms with E-state index in [1.807, 2.05) is 6.07 Å². The van der Waals surface area contributed by atoms with Gasteiger partial charge in [-0.1, -0.05) is 18.2 Å². The van der Waals surface area contributed by atoms with Crippen LogP contribution in [0.5, 0.6) is 0 Å². The van der Waals surface area contributed by atoms with Gasteiger partial charge < -0.3 is 9.73 Å². The summed E-state index contributed by atoms with van der Waals surface area (Å²) in [6.45, 7) is 1.26. The Morgan fingerprint density at radius 3 is 2.76 bits per heavy atom. The van der Waals surface area contributed by atoms with Crippen LogP contribution in [-0.4, -0.2) is 31.7 Å². The normalized spacial score (nSPS) is 26.0. The van der Waals surface area contributed by atoms with Gasteiger partial charge in [-0.3, -0.25) is 4.79 Å². The zero-order valence-electron chi connectivity index (χ0n) is 13.7. The first-order valence-electron chi connectivity index (χ1n) is 8.37. The molecule has 2 aliphatic rings. The van der Waals surface area contributed by atoms with E-state index in [2.05, 4.69) is 5.32 Å². The van der Waals surface area contributed by atoms with Crippen molar-refractivity contribution in [2.24, 2.45) is 11.3 Å². The van der Waals surface area contributed by atoms with Crippen LogP contribution >= 0.6 is 0 Å². The lowest BCUT2D eigenvalue weighted by Crippen LogP contribution is -2.31. The summed E-state index contributed by atoms with van der Waals surface area (Å²) in [5.41, 5.74) is -0.199. The van der Waals surface area contributed by atoms with Gasteiger partial charge in [0.25, 0.3) is 0 Å². The Hall–Kier alpha value is -2.12. The average molecular weight is 360 g/mol. The third-order valence-corrected chi connectivity index (χ3v) is 7.11. The fraction of sp³-hybridized carbons (Fsp3) is 0.389. The maximum atomic E-state index is 12.7. The standard InChI is InChI=1S/C18H20N2O4S/c21-17(19-12-14-5-4-10-24-14)16-11-18(16)8-9-20(13-18)25(22,23)15-6-2-1-3-7-15/h1-7,10,16H,8-9,11-13H2,(H,19,21)/t16-,18-/m1/s1. The van der Waals surface area contributed by atoms with Gasteiger partial charge in [0, 0.05) is 19.0 Å². The van der Waals surface area contributed by atoms with E-state index in [1.165, 1.54) is 4.31 Å². The molecule has 6 nitrogen and oxygen atoms in total. The number of benzene rings is 1. The zero-order chi connectivity index (χ0) is 17.5. The van der Waals surface area contributed by atoms with Crippen molar-refractivity contribution in [1.82, 2.24) is 9.62 Å². The fourth-order valence-electron chi connectivity index (χ4n) is 3.68. The Morgan fingerprint density at radius 1 is 1.24 bits per heavy atom. The lowest BCUT2D eigenvalue weighted by Gasteiger charge is -2.16. The van der Waals surface area contributed by atoms with E-state index in [9.17, 15) is 13.2 Å². The van der Waals surface area contributed by atoms with E-state index in [1.54, 1.807) is 42.7 Å². The van der Waals surface area contributed by atoms with Crippen molar-refractivity contribution in [2.45, 2.75) is 24.3 Å². The first-order chi connectivity index (χ1) is 12.0. The first-order valence-corrected chi connectivity index (χ1v) is 9.81. The molecule has 7 heteroatoms. The van der Waals surface area contributed by atoms with Crippen molar-refractivity contribution in [3.8, 4) is 0 Å². The van der Waals surface area contributed by atoms with Crippen LogP contribution < -0.4 is 5.32 Å². The quantitative estimate of drug-likeness (QED) is 0.884. The van der Waals surface area contributed by atoms with Crippen molar-refractivity contribution < 1.29 is 17.6 Å². The molecule has 1 amide bonds. The summed E-state index contributed by atoms with van der Waals surface area (Å²) in [6.07, 6.45) is 3.05. The predicted octanol–water partition coefficient (Wildman–Crippen LogP) is 2.00. The number of hydrogen-bond donors (Lipinski definition) is 1. The van der Waals surface area contributed by atoms with Crippen LogP contribution in [0.3, 0.4) is 0 Å². The smallest absolute Gasteiger partial charge is 0.243 e. The van der Waals surface area contributed by atoms with Gasteiger partial charge in [-0.25, -0.2) is 8.42 Å². The van der Waals surface area contributed by atoms with Crippen LogP contribution in [0, 0.1) is 11.3 Å². The largest absolute Gasteiger partial charge is 0.467 e. The fourth-order valence-corrected chi connectivity index (χ4v) is 5.24. The molecule has 1 N–H and O–H groups in total. The number of rotatable bonds is 5. The topological polar surface area (TPSA) is 79.6 Å².